The number of aromatic amines is 1. The molecular formula is C15H15F3N2O. The Balaban J connectivity index is 1.92. The Morgan fingerprint density at radius 2 is 2.00 bits per heavy atom. The number of hydrogen-bond acceptors (Lipinski definition) is 1. The molecule has 3 nitrogen and oxygen atoms in total. The second-order valence-electron chi connectivity index (χ2n) is 5.32. The lowest BCUT2D eigenvalue weighted by Gasteiger charge is -2.36. The first-order valence-electron chi connectivity index (χ1n) is 6.92. The molecular weight excluding hydrogens is 281 g/mol. The van der Waals surface area contributed by atoms with Crippen molar-refractivity contribution in [2.24, 2.45) is 0 Å². The van der Waals surface area contributed by atoms with Crippen LogP contribution in [0.4, 0.5) is 13.2 Å². The van der Waals surface area contributed by atoms with Crippen LogP contribution in [0.25, 0.3) is 10.9 Å². The number of alkyl halides is 3. The van der Waals surface area contributed by atoms with E-state index in [1.54, 1.807) is 12.1 Å². The Morgan fingerprint density at radius 3 is 2.71 bits per heavy atom. The quantitative estimate of drug-likeness (QED) is 0.855. The highest BCUT2D eigenvalue weighted by atomic mass is 19.4. The van der Waals surface area contributed by atoms with Crippen molar-refractivity contribution in [2.45, 2.75) is 31.5 Å². The van der Waals surface area contributed by atoms with E-state index < -0.39 is 18.1 Å². The lowest BCUT2D eigenvalue weighted by Crippen LogP contribution is -2.51. The van der Waals surface area contributed by atoms with Gasteiger partial charge in [0.05, 0.1) is 0 Å². The molecule has 112 valence electrons. The number of fused-ring (bicyclic) bond motifs is 1. The van der Waals surface area contributed by atoms with E-state index in [-0.39, 0.29) is 18.7 Å². The van der Waals surface area contributed by atoms with Gasteiger partial charge in [0.2, 0.25) is 0 Å². The van der Waals surface area contributed by atoms with Crippen LogP contribution in [-0.2, 0) is 0 Å². The summed E-state index contributed by atoms with van der Waals surface area (Å²) in [4.78, 5) is 16.3. The molecule has 0 spiro atoms. The summed E-state index contributed by atoms with van der Waals surface area (Å²) in [5.41, 5.74) is 0.966. The Bertz CT molecular complexity index is 629. The number of rotatable bonds is 1. The highest BCUT2D eigenvalue weighted by Crippen LogP contribution is 2.33. The molecule has 1 atom stereocenters. The third-order valence-corrected chi connectivity index (χ3v) is 3.90. The van der Waals surface area contributed by atoms with Crippen LogP contribution in [0.5, 0.6) is 0 Å². The van der Waals surface area contributed by atoms with Gasteiger partial charge in [0.15, 0.2) is 0 Å². The molecule has 6 heteroatoms. The number of likely N-dealkylation sites (tertiary alicyclic amines) is 1. The topological polar surface area (TPSA) is 36.1 Å². The molecule has 2 aromatic rings. The summed E-state index contributed by atoms with van der Waals surface area (Å²) in [6.45, 7) is 0.151. The summed E-state index contributed by atoms with van der Waals surface area (Å²) >= 11 is 0. The van der Waals surface area contributed by atoms with E-state index in [1.807, 2.05) is 18.2 Å². The molecule has 0 aliphatic carbocycles. The first-order valence-corrected chi connectivity index (χ1v) is 6.92. The van der Waals surface area contributed by atoms with Gasteiger partial charge in [0, 0.05) is 17.4 Å². The molecule has 21 heavy (non-hydrogen) atoms. The smallest absolute Gasteiger partial charge is 0.351 e. The van der Waals surface area contributed by atoms with Crippen molar-refractivity contribution in [1.29, 1.82) is 0 Å². The lowest BCUT2D eigenvalue weighted by atomic mass is 10.0. The first kappa shape index (κ1) is 14.0. The van der Waals surface area contributed by atoms with Gasteiger partial charge in [0.1, 0.15) is 11.7 Å². The van der Waals surface area contributed by atoms with Crippen molar-refractivity contribution in [3.8, 4) is 0 Å². The standard InChI is InChI=1S/C15H15F3N2O/c16-15(17,18)13-7-3-4-8-20(13)14(21)12-9-10-5-1-2-6-11(10)19-12/h1-2,5-6,9,13,19H,3-4,7-8H2. The summed E-state index contributed by atoms with van der Waals surface area (Å²) in [7, 11) is 0. The second-order valence-corrected chi connectivity index (χ2v) is 5.32. The van der Waals surface area contributed by atoms with Crippen molar-refractivity contribution in [3.05, 3.63) is 36.0 Å². The third kappa shape index (κ3) is 2.62. The van der Waals surface area contributed by atoms with Crippen LogP contribution in [0.3, 0.4) is 0 Å². The van der Waals surface area contributed by atoms with Gasteiger partial charge in [-0.25, -0.2) is 0 Å². The normalized spacial score (nSPS) is 20.0. The average molecular weight is 296 g/mol. The third-order valence-electron chi connectivity index (χ3n) is 3.90. The average Bonchev–Trinajstić information content (AvgIpc) is 2.89. The number of para-hydroxylation sites is 1. The van der Waals surface area contributed by atoms with Gasteiger partial charge in [-0.3, -0.25) is 4.79 Å². The largest absolute Gasteiger partial charge is 0.408 e. The van der Waals surface area contributed by atoms with Crippen LogP contribution in [-0.4, -0.2) is 34.6 Å². The predicted octanol–water partition coefficient (Wildman–Crippen LogP) is 3.72. The molecule has 2 heterocycles. The van der Waals surface area contributed by atoms with Crippen molar-refractivity contribution in [2.75, 3.05) is 6.54 Å². The number of nitrogens with zero attached hydrogens (tertiary/aromatic N) is 1. The van der Waals surface area contributed by atoms with Gasteiger partial charge in [-0.1, -0.05) is 18.2 Å². The van der Waals surface area contributed by atoms with Crippen molar-refractivity contribution < 1.29 is 18.0 Å². The summed E-state index contributed by atoms with van der Waals surface area (Å²) in [5.74, 6) is -0.576. The number of carbonyl (C=O) groups excluding carboxylic acids is 1. The van der Waals surface area contributed by atoms with E-state index in [1.165, 1.54) is 0 Å². The minimum absolute atomic E-state index is 0.0184. The highest BCUT2D eigenvalue weighted by molar-refractivity contribution is 5.98. The van der Waals surface area contributed by atoms with E-state index in [4.69, 9.17) is 0 Å². The molecule has 1 saturated heterocycles. The van der Waals surface area contributed by atoms with E-state index >= 15 is 0 Å². The zero-order valence-electron chi connectivity index (χ0n) is 11.3. The number of amides is 1. The second kappa shape index (κ2) is 5.09. The number of benzene rings is 1. The molecule has 0 bridgehead atoms. The van der Waals surface area contributed by atoms with Gasteiger partial charge in [0.25, 0.3) is 5.91 Å². The molecule has 1 aromatic carbocycles. The zero-order valence-corrected chi connectivity index (χ0v) is 11.3. The fourth-order valence-electron chi connectivity index (χ4n) is 2.86. The number of carbonyl (C=O) groups is 1. The van der Waals surface area contributed by atoms with Crippen molar-refractivity contribution in [3.63, 3.8) is 0 Å². The maximum atomic E-state index is 13.1. The molecule has 1 aromatic heterocycles. The van der Waals surface area contributed by atoms with Crippen molar-refractivity contribution in [1.82, 2.24) is 9.88 Å². The van der Waals surface area contributed by atoms with Gasteiger partial charge in [-0.05, 0) is 31.4 Å². The van der Waals surface area contributed by atoms with Crippen LogP contribution in [0.1, 0.15) is 29.8 Å². The SMILES string of the molecule is O=C(c1cc2ccccc2[nH]1)N1CCCCC1C(F)(F)F. The first-order chi connectivity index (χ1) is 9.97. The van der Waals surface area contributed by atoms with Crippen LogP contribution in [0.15, 0.2) is 30.3 Å². The van der Waals surface area contributed by atoms with E-state index in [9.17, 15) is 18.0 Å². The Kier molecular flexibility index (Phi) is 3.39. The van der Waals surface area contributed by atoms with Crippen molar-refractivity contribution >= 4 is 16.8 Å². The molecule has 1 aliphatic heterocycles. The van der Waals surface area contributed by atoms with E-state index in [2.05, 4.69) is 4.98 Å². The van der Waals surface area contributed by atoms with Gasteiger partial charge in [-0.15, -0.1) is 0 Å². The Hall–Kier alpha value is -1.98. The Morgan fingerprint density at radius 1 is 1.24 bits per heavy atom. The van der Waals surface area contributed by atoms with Gasteiger partial charge < -0.3 is 9.88 Å². The molecule has 0 saturated carbocycles. The molecule has 3 rings (SSSR count). The minimum atomic E-state index is -4.37. The van der Waals surface area contributed by atoms with Crippen LogP contribution in [0.2, 0.25) is 0 Å². The Labute approximate surface area is 119 Å². The maximum Gasteiger partial charge on any atom is 0.408 e. The summed E-state index contributed by atoms with van der Waals surface area (Å²) in [5, 5.41) is 0.821. The predicted molar refractivity (Wildman–Crippen MR) is 73.0 cm³/mol. The molecule has 1 unspecified atom stereocenters. The molecule has 1 N–H and O–H groups in total. The highest BCUT2D eigenvalue weighted by Gasteiger charge is 2.46. The number of H-pyrrole nitrogens is 1. The molecule has 1 amide bonds. The zero-order chi connectivity index (χ0) is 15.0. The van der Waals surface area contributed by atoms with Crippen LogP contribution >= 0.6 is 0 Å². The fraction of sp³-hybridized carbons (Fsp3) is 0.400. The summed E-state index contributed by atoms with van der Waals surface area (Å²) in [6, 6.07) is 7.19. The number of piperidine rings is 1. The van der Waals surface area contributed by atoms with Gasteiger partial charge >= 0.3 is 6.18 Å². The monoisotopic (exact) mass is 296 g/mol. The number of nitrogens with one attached hydrogen (secondary N) is 1. The number of aromatic nitrogens is 1. The summed E-state index contributed by atoms with van der Waals surface area (Å²) in [6.07, 6.45) is -3.28. The molecule has 1 fully saturated rings. The molecule has 0 radical (unpaired) electrons. The molecule has 1 aliphatic rings. The summed E-state index contributed by atoms with van der Waals surface area (Å²) < 4.78 is 39.2. The van der Waals surface area contributed by atoms with E-state index in [0.29, 0.717) is 12.8 Å². The van der Waals surface area contributed by atoms with Gasteiger partial charge in [-0.2, -0.15) is 13.2 Å². The van der Waals surface area contributed by atoms with Crippen LogP contribution < -0.4 is 0 Å². The number of halogens is 3. The van der Waals surface area contributed by atoms with Crippen LogP contribution in [0, 0.1) is 0 Å². The van der Waals surface area contributed by atoms with E-state index in [0.717, 1.165) is 15.8 Å². The lowest BCUT2D eigenvalue weighted by molar-refractivity contribution is -0.183. The number of hydrogen-bond donors (Lipinski definition) is 1. The fourth-order valence-corrected chi connectivity index (χ4v) is 2.86. The maximum absolute atomic E-state index is 13.1. The minimum Gasteiger partial charge on any atom is -0.351 e.